The van der Waals surface area contributed by atoms with Crippen LogP contribution in [0.3, 0.4) is 0 Å². The van der Waals surface area contributed by atoms with Gasteiger partial charge in [-0.25, -0.2) is 0 Å². The van der Waals surface area contributed by atoms with Gasteiger partial charge in [-0.05, 0) is 30.5 Å². The first kappa shape index (κ1) is 25.2. The second kappa shape index (κ2) is 12.3. The van der Waals surface area contributed by atoms with E-state index in [9.17, 15) is 4.79 Å². The fraction of sp³-hybridized carbons (Fsp3) is 0.471. The van der Waals surface area contributed by atoms with Crippen molar-refractivity contribution in [3.63, 3.8) is 0 Å². The van der Waals surface area contributed by atoms with Gasteiger partial charge < -0.3 is 16.8 Å². The van der Waals surface area contributed by atoms with Gasteiger partial charge in [0.05, 0.1) is 6.04 Å². The molecule has 1 atom stereocenters. The Labute approximate surface area is 159 Å². The molecule has 0 spiro atoms. The number of carbonyl (C=O) groups is 1. The van der Waals surface area contributed by atoms with E-state index < -0.39 is 14.1 Å². The summed E-state index contributed by atoms with van der Waals surface area (Å²) in [6, 6.07) is 7.71. The Hall–Kier alpha value is -1.03. The van der Waals surface area contributed by atoms with Gasteiger partial charge in [0.1, 0.15) is 8.07 Å². The number of hydrogen-bond acceptors (Lipinski definition) is 3. The van der Waals surface area contributed by atoms with Crippen LogP contribution in [0.25, 0.3) is 0 Å². The lowest BCUT2D eigenvalue weighted by Gasteiger charge is -2.09. The van der Waals surface area contributed by atoms with Gasteiger partial charge >= 0.3 is 0 Å². The molecule has 0 fully saturated rings. The summed E-state index contributed by atoms with van der Waals surface area (Å²) >= 11 is 0. The largest absolute Gasteiger partial charge is 0.355 e. The first-order valence-electron chi connectivity index (χ1n) is 7.67. The van der Waals surface area contributed by atoms with Crippen molar-refractivity contribution >= 4 is 38.8 Å². The maximum Gasteiger partial charge on any atom is 0.238 e. The molecule has 1 unspecified atom stereocenters. The van der Waals surface area contributed by atoms with E-state index in [0.717, 1.165) is 18.4 Å². The summed E-state index contributed by atoms with van der Waals surface area (Å²) in [6.07, 6.45) is 1.79. The molecule has 0 aromatic heterocycles. The van der Waals surface area contributed by atoms with Gasteiger partial charge in [-0.2, -0.15) is 0 Å². The molecule has 4 nitrogen and oxygen atoms in total. The number of amides is 1. The summed E-state index contributed by atoms with van der Waals surface area (Å²) in [6.45, 7) is 7.49. The summed E-state index contributed by atoms with van der Waals surface area (Å²) in [5.74, 6) is 3.06. The summed E-state index contributed by atoms with van der Waals surface area (Å²) in [7, 11) is -1.32. The van der Waals surface area contributed by atoms with Crippen LogP contribution in [0.5, 0.6) is 0 Å². The second-order valence-corrected chi connectivity index (χ2v) is 11.2. The number of nitrogens with two attached hydrogens (primary N) is 2. The van der Waals surface area contributed by atoms with Gasteiger partial charge in [-0.3, -0.25) is 4.79 Å². The third-order valence-electron chi connectivity index (χ3n) is 3.07. The molecule has 136 valence electrons. The van der Waals surface area contributed by atoms with Crippen LogP contribution in [-0.4, -0.2) is 33.1 Å². The minimum Gasteiger partial charge on any atom is -0.355 e. The third kappa shape index (κ3) is 10.7. The van der Waals surface area contributed by atoms with Crippen molar-refractivity contribution in [1.29, 1.82) is 0 Å². The number of hydrogen-bond donors (Lipinski definition) is 3. The molecule has 1 amide bonds. The molecule has 7 heteroatoms. The van der Waals surface area contributed by atoms with Crippen molar-refractivity contribution in [2.24, 2.45) is 11.5 Å². The SMILES string of the molecule is C[Si](C)(C)C#Cc1ccc(CCCNC(=O)C(N)CN)cc1.Cl.Cl. The highest BCUT2D eigenvalue weighted by atomic mass is 35.5. The van der Waals surface area contributed by atoms with Gasteiger partial charge in [0.25, 0.3) is 0 Å². The van der Waals surface area contributed by atoms with E-state index >= 15 is 0 Å². The molecule has 0 saturated heterocycles. The Kier molecular flexibility index (Phi) is 13.0. The van der Waals surface area contributed by atoms with Crippen LogP contribution in [0.15, 0.2) is 24.3 Å². The Morgan fingerprint density at radius 2 is 1.79 bits per heavy atom. The number of rotatable bonds is 6. The quantitative estimate of drug-likeness (QED) is 0.395. The summed E-state index contributed by atoms with van der Waals surface area (Å²) in [5, 5.41) is 2.79. The zero-order valence-electron chi connectivity index (χ0n) is 14.6. The summed E-state index contributed by atoms with van der Waals surface area (Å²) in [4.78, 5) is 11.5. The summed E-state index contributed by atoms with van der Waals surface area (Å²) < 4.78 is 0. The highest BCUT2D eigenvalue weighted by Gasteiger charge is 2.09. The van der Waals surface area contributed by atoms with E-state index in [-0.39, 0.29) is 37.3 Å². The average molecular weight is 390 g/mol. The van der Waals surface area contributed by atoms with Crippen LogP contribution in [0.2, 0.25) is 19.6 Å². The Morgan fingerprint density at radius 3 is 2.29 bits per heavy atom. The molecule has 0 heterocycles. The Bertz CT molecular complexity index is 548. The smallest absolute Gasteiger partial charge is 0.238 e. The van der Waals surface area contributed by atoms with Gasteiger partial charge in [0.15, 0.2) is 0 Å². The van der Waals surface area contributed by atoms with Crippen LogP contribution in [-0.2, 0) is 11.2 Å². The zero-order chi connectivity index (χ0) is 16.6. The van der Waals surface area contributed by atoms with Crippen molar-refractivity contribution in [2.45, 2.75) is 38.5 Å². The van der Waals surface area contributed by atoms with E-state index in [1.54, 1.807) is 0 Å². The minimum atomic E-state index is -1.32. The molecular weight excluding hydrogens is 361 g/mol. The number of aryl methyl sites for hydroxylation is 1. The predicted molar refractivity (Wildman–Crippen MR) is 110 cm³/mol. The molecule has 0 saturated carbocycles. The van der Waals surface area contributed by atoms with Crippen molar-refractivity contribution in [3.8, 4) is 11.5 Å². The normalized spacial score (nSPS) is 11.2. The van der Waals surface area contributed by atoms with Gasteiger partial charge in [0, 0.05) is 18.7 Å². The Balaban J connectivity index is 0. The Morgan fingerprint density at radius 1 is 1.21 bits per heavy atom. The number of benzene rings is 1. The summed E-state index contributed by atoms with van der Waals surface area (Å²) in [5.41, 5.74) is 16.5. The number of carbonyl (C=O) groups excluding carboxylic acids is 1. The monoisotopic (exact) mass is 389 g/mol. The fourth-order valence-corrected chi connectivity index (χ4v) is 2.28. The lowest BCUT2D eigenvalue weighted by Crippen LogP contribution is -2.45. The molecule has 0 radical (unpaired) electrons. The molecule has 0 bridgehead atoms. The van der Waals surface area contributed by atoms with Crippen LogP contribution >= 0.6 is 24.8 Å². The first-order chi connectivity index (χ1) is 10.3. The minimum absolute atomic E-state index is 0. The number of halogens is 2. The first-order valence-corrected chi connectivity index (χ1v) is 11.2. The molecule has 0 aliphatic heterocycles. The number of nitrogens with one attached hydrogen (secondary N) is 1. The van der Waals surface area contributed by atoms with Crippen molar-refractivity contribution in [2.75, 3.05) is 13.1 Å². The van der Waals surface area contributed by atoms with E-state index in [1.165, 1.54) is 5.56 Å². The van der Waals surface area contributed by atoms with Gasteiger partial charge in [0.2, 0.25) is 5.91 Å². The van der Waals surface area contributed by atoms with Crippen LogP contribution in [0.1, 0.15) is 17.5 Å². The van der Waals surface area contributed by atoms with E-state index in [2.05, 4.69) is 60.7 Å². The maximum atomic E-state index is 11.5. The van der Waals surface area contributed by atoms with Gasteiger partial charge in [-0.15, -0.1) is 30.4 Å². The molecule has 1 aromatic rings. The van der Waals surface area contributed by atoms with Crippen LogP contribution < -0.4 is 16.8 Å². The third-order valence-corrected chi connectivity index (χ3v) is 3.94. The van der Waals surface area contributed by atoms with Crippen LogP contribution in [0.4, 0.5) is 0 Å². The van der Waals surface area contributed by atoms with Crippen molar-refractivity contribution < 1.29 is 4.79 Å². The standard InChI is InChI=1S/C17H27N3OSi.2ClH/c1-22(2,3)12-10-15-8-6-14(7-9-15)5-4-11-20-17(21)16(19)13-18;;/h6-9,16H,4-5,11,13,18-19H2,1-3H3,(H,20,21);2*1H. The molecular formula is C17H29Cl2N3OSi. The predicted octanol–water partition coefficient (Wildman–Crippen LogP) is 2.09. The average Bonchev–Trinajstić information content (AvgIpc) is 2.48. The fourth-order valence-electron chi connectivity index (χ4n) is 1.76. The van der Waals surface area contributed by atoms with Crippen molar-refractivity contribution in [1.82, 2.24) is 5.32 Å². The molecule has 5 N–H and O–H groups in total. The van der Waals surface area contributed by atoms with Crippen LogP contribution in [0, 0.1) is 11.5 Å². The van der Waals surface area contributed by atoms with E-state index in [0.29, 0.717) is 6.54 Å². The van der Waals surface area contributed by atoms with E-state index in [4.69, 9.17) is 11.5 Å². The highest BCUT2D eigenvalue weighted by Crippen LogP contribution is 2.06. The maximum absolute atomic E-state index is 11.5. The van der Waals surface area contributed by atoms with Crippen molar-refractivity contribution in [3.05, 3.63) is 35.4 Å². The molecule has 1 rings (SSSR count). The molecule has 1 aromatic carbocycles. The molecule has 0 aliphatic rings. The lowest BCUT2D eigenvalue weighted by atomic mass is 10.1. The molecule has 0 aliphatic carbocycles. The van der Waals surface area contributed by atoms with Gasteiger partial charge in [-0.1, -0.05) is 37.7 Å². The highest BCUT2D eigenvalue weighted by molar-refractivity contribution is 6.83. The van der Waals surface area contributed by atoms with E-state index in [1.807, 2.05) is 0 Å². The zero-order valence-corrected chi connectivity index (χ0v) is 17.2. The lowest BCUT2D eigenvalue weighted by molar-refractivity contribution is -0.122. The molecule has 24 heavy (non-hydrogen) atoms. The second-order valence-electron chi connectivity index (χ2n) is 6.43. The topological polar surface area (TPSA) is 81.1 Å².